The van der Waals surface area contributed by atoms with Crippen LogP contribution in [0, 0.1) is 0 Å². The van der Waals surface area contributed by atoms with Crippen LogP contribution in [-0.2, 0) is 4.74 Å². The Balaban J connectivity index is 2.38. The Bertz CT molecular complexity index is 462. The van der Waals surface area contributed by atoms with Crippen LogP contribution < -0.4 is 0 Å². The van der Waals surface area contributed by atoms with Crippen LogP contribution in [0.5, 0.6) is 0 Å². The summed E-state index contributed by atoms with van der Waals surface area (Å²) in [6.07, 6.45) is 5.18. The van der Waals surface area contributed by atoms with Gasteiger partial charge in [0.1, 0.15) is 5.65 Å². The summed E-state index contributed by atoms with van der Waals surface area (Å²) in [7, 11) is 0. The molecule has 0 spiro atoms. The molecule has 0 aromatic carbocycles. The predicted octanol–water partition coefficient (Wildman–Crippen LogP) is 1.51. The van der Waals surface area contributed by atoms with Gasteiger partial charge in [0.15, 0.2) is 0 Å². The van der Waals surface area contributed by atoms with Crippen molar-refractivity contribution in [1.29, 1.82) is 0 Å². The third-order valence-corrected chi connectivity index (χ3v) is 1.90. The van der Waals surface area contributed by atoms with Crippen molar-refractivity contribution in [2.75, 3.05) is 6.61 Å². The second-order valence-electron chi connectivity index (χ2n) is 2.83. The number of aromatic nitrogens is 2. The van der Waals surface area contributed by atoms with Crippen molar-refractivity contribution in [3.05, 3.63) is 36.3 Å². The minimum Gasteiger partial charge on any atom is -0.462 e. The highest BCUT2D eigenvalue weighted by Gasteiger charge is 2.06. The van der Waals surface area contributed by atoms with E-state index in [1.807, 2.05) is 0 Å². The van der Waals surface area contributed by atoms with Crippen molar-refractivity contribution in [1.82, 2.24) is 9.38 Å². The molecule has 72 valence electrons. The van der Waals surface area contributed by atoms with E-state index in [1.165, 1.54) is 0 Å². The van der Waals surface area contributed by atoms with Crippen LogP contribution >= 0.6 is 0 Å². The number of esters is 1. The zero-order chi connectivity index (χ0) is 9.97. The molecule has 0 atom stereocenters. The highest BCUT2D eigenvalue weighted by Crippen LogP contribution is 2.05. The first-order valence-corrected chi connectivity index (χ1v) is 4.41. The van der Waals surface area contributed by atoms with Gasteiger partial charge in [-0.2, -0.15) is 0 Å². The summed E-state index contributed by atoms with van der Waals surface area (Å²) in [5, 5.41) is 0. The number of imidazole rings is 1. The number of pyridine rings is 1. The van der Waals surface area contributed by atoms with Crippen LogP contribution in [0.3, 0.4) is 0 Å². The molecule has 0 aliphatic heterocycles. The molecule has 0 bridgehead atoms. The van der Waals surface area contributed by atoms with E-state index in [0.717, 1.165) is 5.65 Å². The number of carbonyl (C=O) groups excluding carboxylic acids is 1. The van der Waals surface area contributed by atoms with E-state index in [4.69, 9.17) is 4.74 Å². The summed E-state index contributed by atoms with van der Waals surface area (Å²) in [6, 6.07) is 3.49. The molecule has 0 amide bonds. The molecule has 0 saturated carbocycles. The summed E-state index contributed by atoms with van der Waals surface area (Å²) in [4.78, 5) is 15.4. The van der Waals surface area contributed by atoms with E-state index in [1.54, 1.807) is 42.0 Å². The molecule has 4 heteroatoms. The second-order valence-corrected chi connectivity index (χ2v) is 2.83. The first kappa shape index (κ1) is 8.74. The Morgan fingerprint density at radius 2 is 2.43 bits per heavy atom. The number of hydrogen-bond donors (Lipinski definition) is 0. The number of ether oxygens (including phenoxy) is 1. The lowest BCUT2D eigenvalue weighted by molar-refractivity contribution is 0.0526. The Hall–Kier alpha value is -1.84. The lowest BCUT2D eigenvalue weighted by atomic mass is 10.3. The maximum atomic E-state index is 11.4. The fraction of sp³-hybridized carbons (Fsp3) is 0.200. The molecule has 2 heterocycles. The Kier molecular flexibility index (Phi) is 2.18. The zero-order valence-electron chi connectivity index (χ0n) is 7.80. The van der Waals surface area contributed by atoms with Crippen LogP contribution in [0.1, 0.15) is 17.3 Å². The van der Waals surface area contributed by atoms with E-state index < -0.39 is 0 Å². The maximum Gasteiger partial charge on any atom is 0.339 e. The van der Waals surface area contributed by atoms with Crippen molar-refractivity contribution >= 4 is 11.6 Å². The molecular weight excluding hydrogens is 180 g/mol. The monoisotopic (exact) mass is 190 g/mol. The lowest BCUT2D eigenvalue weighted by Crippen LogP contribution is -2.05. The second kappa shape index (κ2) is 3.49. The van der Waals surface area contributed by atoms with Crippen LogP contribution in [0.15, 0.2) is 30.7 Å². The summed E-state index contributed by atoms with van der Waals surface area (Å²) < 4.78 is 6.66. The quantitative estimate of drug-likeness (QED) is 0.674. The maximum absolute atomic E-state index is 11.4. The van der Waals surface area contributed by atoms with Gasteiger partial charge in [-0.1, -0.05) is 0 Å². The summed E-state index contributed by atoms with van der Waals surface area (Å²) >= 11 is 0. The van der Waals surface area contributed by atoms with Crippen LogP contribution in [0.25, 0.3) is 5.65 Å². The number of rotatable bonds is 2. The molecule has 0 radical (unpaired) electrons. The van der Waals surface area contributed by atoms with Crippen molar-refractivity contribution in [3.8, 4) is 0 Å². The van der Waals surface area contributed by atoms with Gasteiger partial charge < -0.3 is 9.14 Å². The van der Waals surface area contributed by atoms with Crippen LogP contribution in [0.4, 0.5) is 0 Å². The van der Waals surface area contributed by atoms with Gasteiger partial charge in [0.25, 0.3) is 0 Å². The van der Waals surface area contributed by atoms with E-state index in [0.29, 0.717) is 12.2 Å². The van der Waals surface area contributed by atoms with E-state index in [9.17, 15) is 4.79 Å². The van der Waals surface area contributed by atoms with Gasteiger partial charge in [-0.3, -0.25) is 0 Å². The predicted molar refractivity (Wildman–Crippen MR) is 51.1 cm³/mol. The van der Waals surface area contributed by atoms with Crippen molar-refractivity contribution in [3.63, 3.8) is 0 Å². The molecule has 0 unspecified atom stereocenters. The summed E-state index contributed by atoms with van der Waals surface area (Å²) in [5.74, 6) is -0.303. The Labute approximate surface area is 81.1 Å². The molecule has 2 rings (SSSR count). The molecule has 2 aromatic heterocycles. The van der Waals surface area contributed by atoms with Gasteiger partial charge in [-0.05, 0) is 19.1 Å². The van der Waals surface area contributed by atoms with E-state index in [-0.39, 0.29) is 5.97 Å². The summed E-state index contributed by atoms with van der Waals surface area (Å²) in [6.45, 7) is 2.18. The highest BCUT2D eigenvalue weighted by atomic mass is 16.5. The van der Waals surface area contributed by atoms with Gasteiger partial charge in [-0.25, -0.2) is 9.78 Å². The third-order valence-electron chi connectivity index (χ3n) is 1.90. The van der Waals surface area contributed by atoms with Crippen LogP contribution in [0.2, 0.25) is 0 Å². The fourth-order valence-electron chi connectivity index (χ4n) is 1.26. The van der Waals surface area contributed by atoms with E-state index in [2.05, 4.69) is 4.98 Å². The molecule has 14 heavy (non-hydrogen) atoms. The van der Waals surface area contributed by atoms with Crippen molar-refractivity contribution in [2.24, 2.45) is 0 Å². The third kappa shape index (κ3) is 1.46. The average molecular weight is 190 g/mol. The largest absolute Gasteiger partial charge is 0.462 e. The molecule has 2 aromatic rings. The summed E-state index contributed by atoms with van der Waals surface area (Å²) in [5.41, 5.74) is 1.36. The molecule has 0 saturated heterocycles. The number of hydrogen-bond acceptors (Lipinski definition) is 3. The van der Waals surface area contributed by atoms with Gasteiger partial charge in [0, 0.05) is 18.6 Å². The minimum absolute atomic E-state index is 0.303. The van der Waals surface area contributed by atoms with Gasteiger partial charge >= 0.3 is 5.97 Å². The van der Waals surface area contributed by atoms with Gasteiger partial charge in [-0.15, -0.1) is 0 Å². The smallest absolute Gasteiger partial charge is 0.339 e. The normalized spacial score (nSPS) is 10.4. The number of fused-ring (bicyclic) bond motifs is 1. The lowest BCUT2D eigenvalue weighted by Gasteiger charge is -2.01. The molecule has 0 aliphatic carbocycles. The standard InChI is InChI=1S/C10H10N2O2/c1-2-14-10(13)8-3-4-9-11-5-6-12(9)7-8/h3-7H,2H2,1H3. The average Bonchev–Trinajstić information content (AvgIpc) is 2.64. The molecule has 4 nitrogen and oxygen atoms in total. The molecule has 0 fully saturated rings. The van der Waals surface area contributed by atoms with Crippen molar-refractivity contribution in [2.45, 2.75) is 6.92 Å². The Morgan fingerprint density at radius 3 is 3.21 bits per heavy atom. The first-order chi connectivity index (χ1) is 6.81. The number of carbonyl (C=O) groups is 1. The zero-order valence-corrected chi connectivity index (χ0v) is 7.80. The van der Waals surface area contributed by atoms with Crippen molar-refractivity contribution < 1.29 is 9.53 Å². The fourth-order valence-corrected chi connectivity index (χ4v) is 1.26. The molecular formula is C10H10N2O2. The van der Waals surface area contributed by atoms with Crippen LogP contribution in [-0.4, -0.2) is 22.0 Å². The molecule has 0 N–H and O–H groups in total. The SMILES string of the molecule is CCOC(=O)c1ccc2nccn2c1. The Morgan fingerprint density at radius 1 is 1.57 bits per heavy atom. The highest BCUT2D eigenvalue weighted by molar-refractivity contribution is 5.89. The molecule has 0 aliphatic rings. The first-order valence-electron chi connectivity index (χ1n) is 4.41. The minimum atomic E-state index is -0.303. The number of nitrogens with zero attached hydrogens (tertiary/aromatic N) is 2. The van der Waals surface area contributed by atoms with Gasteiger partial charge in [0.2, 0.25) is 0 Å². The van der Waals surface area contributed by atoms with E-state index >= 15 is 0 Å². The van der Waals surface area contributed by atoms with Gasteiger partial charge in [0.05, 0.1) is 12.2 Å². The topological polar surface area (TPSA) is 43.6 Å².